The molecule has 20 heavy (non-hydrogen) atoms. The van der Waals surface area contributed by atoms with Gasteiger partial charge >= 0.3 is 0 Å². The van der Waals surface area contributed by atoms with Crippen LogP contribution in [0, 0.1) is 0 Å². The molecular weight excluding hydrogens is 270 g/mol. The van der Waals surface area contributed by atoms with E-state index in [4.69, 9.17) is 5.73 Å². The molecule has 1 aromatic carbocycles. The van der Waals surface area contributed by atoms with Crippen molar-refractivity contribution in [3.8, 4) is 0 Å². The standard InChI is InChI=1S/C15H25N3OS/c1-3-4-5-6-11-17-15(16)18-12-13-7-9-14(10-8-13)20(2)19/h7-10H,3-6,11-12H2,1-2H3,(H3,16,17,18). The van der Waals surface area contributed by atoms with Crippen molar-refractivity contribution < 1.29 is 4.21 Å². The molecule has 1 unspecified atom stereocenters. The monoisotopic (exact) mass is 295 g/mol. The maximum atomic E-state index is 11.3. The predicted octanol–water partition coefficient (Wildman–Crippen LogP) is 2.41. The second-order valence-electron chi connectivity index (χ2n) is 4.79. The maximum absolute atomic E-state index is 11.3. The number of nitrogens with two attached hydrogens (primary N) is 1. The fourth-order valence-electron chi connectivity index (χ4n) is 1.79. The van der Waals surface area contributed by atoms with Gasteiger partial charge < -0.3 is 11.1 Å². The Kier molecular flexibility index (Phi) is 7.95. The van der Waals surface area contributed by atoms with Gasteiger partial charge in [0.25, 0.3) is 0 Å². The SMILES string of the molecule is CCCCCCNC(N)=NCc1ccc(S(C)=O)cc1. The number of hydrogen-bond acceptors (Lipinski definition) is 2. The van der Waals surface area contributed by atoms with Gasteiger partial charge in [-0.15, -0.1) is 0 Å². The molecule has 0 aliphatic rings. The minimum absolute atomic E-state index is 0.490. The number of nitrogens with one attached hydrogen (secondary N) is 1. The topological polar surface area (TPSA) is 67.5 Å². The lowest BCUT2D eigenvalue weighted by atomic mass is 10.2. The van der Waals surface area contributed by atoms with E-state index >= 15 is 0 Å². The first kappa shape index (κ1) is 16.7. The third kappa shape index (κ3) is 6.70. The van der Waals surface area contributed by atoms with Crippen molar-refractivity contribution in [1.29, 1.82) is 0 Å². The fraction of sp³-hybridized carbons (Fsp3) is 0.533. The van der Waals surface area contributed by atoms with Crippen LogP contribution < -0.4 is 11.1 Å². The molecule has 0 fully saturated rings. The summed E-state index contributed by atoms with van der Waals surface area (Å²) in [6.07, 6.45) is 6.53. The molecule has 0 bridgehead atoms. The molecule has 0 amide bonds. The highest BCUT2D eigenvalue weighted by Crippen LogP contribution is 2.08. The normalized spacial score (nSPS) is 13.2. The number of unbranched alkanes of at least 4 members (excludes halogenated alkanes) is 3. The van der Waals surface area contributed by atoms with Crippen LogP contribution in [-0.4, -0.2) is 23.0 Å². The van der Waals surface area contributed by atoms with Gasteiger partial charge in [0.15, 0.2) is 5.96 Å². The third-order valence-corrected chi connectivity index (χ3v) is 3.96. The van der Waals surface area contributed by atoms with Gasteiger partial charge in [-0.3, -0.25) is 4.21 Å². The van der Waals surface area contributed by atoms with E-state index in [9.17, 15) is 4.21 Å². The van der Waals surface area contributed by atoms with Crippen molar-refractivity contribution in [1.82, 2.24) is 5.32 Å². The Morgan fingerprint density at radius 1 is 1.25 bits per heavy atom. The van der Waals surface area contributed by atoms with Gasteiger partial charge in [0, 0.05) is 28.5 Å². The Hall–Kier alpha value is -1.36. The van der Waals surface area contributed by atoms with Crippen LogP contribution in [0.4, 0.5) is 0 Å². The average molecular weight is 295 g/mol. The van der Waals surface area contributed by atoms with E-state index in [0.717, 1.165) is 23.4 Å². The zero-order valence-electron chi connectivity index (χ0n) is 12.4. The number of hydrogen-bond donors (Lipinski definition) is 2. The zero-order chi connectivity index (χ0) is 14.8. The summed E-state index contributed by atoms with van der Waals surface area (Å²) in [5.41, 5.74) is 6.87. The lowest BCUT2D eigenvalue weighted by Gasteiger charge is -2.05. The minimum Gasteiger partial charge on any atom is -0.370 e. The van der Waals surface area contributed by atoms with Gasteiger partial charge in [0.1, 0.15) is 0 Å². The lowest BCUT2D eigenvalue weighted by molar-refractivity contribution is 0.652. The van der Waals surface area contributed by atoms with Crippen molar-refractivity contribution in [3.63, 3.8) is 0 Å². The van der Waals surface area contributed by atoms with E-state index in [-0.39, 0.29) is 0 Å². The van der Waals surface area contributed by atoms with Crippen molar-refractivity contribution in [3.05, 3.63) is 29.8 Å². The highest BCUT2D eigenvalue weighted by molar-refractivity contribution is 7.84. The molecular formula is C15H25N3OS. The van der Waals surface area contributed by atoms with E-state index in [2.05, 4.69) is 17.2 Å². The average Bonchev–Trinajstić information content (AvgIpc) is 2.45. The highest BCUT2D eigenvalue weighted by atomic mass is 32.2. The number of benzene rings is 1. The Bertz CT molecular complexity index is 443. The van der Waals surface area contributed by atoms with Crippen LogP contribution in [0.1, 0.15) is 38.2 Å². The van der Waals surface area contributed by atoms with Gasteiger partial charge in [-0.05, 0) is 24.1 Å². The highest BCUT2D eigenvalue weighted by Gasteiger charge is 1.98. The fourth-order valence-corrected chi connectivity index (χ4v) is 2.31. The van der Waals surface area contributed by atoms with Gasteiger partial charge in [-0.1, -0.05) is 38.3 Å². The van der Waals surface area contributed by atoms with Crippen molar-refractivity contribution in [2.45, 2.75) is 44.0 Å². The molecule has 0 aromatic heterocycles. The van der Waals surface area contributed by atoms with E-state index in [1.54, 1.807) is 6.26 Å². The molecule has 4 nitrogen and oxygen atoms in total. The van der Waals surface area contributed by atoms with Gasteiger partial charge in [-0.25, -0.2) is 4.99 Å². The Balaban J connectivity index is 2.33. The summed E-state index contributed by atoms with van der Waals surface area (Å²) < 4.78 is 11.3. The van der Waals surface area contributed by atoms with E-state index < -0.39 is 10.8 Å². The molecule has 1 atom stereocenters. The molecule has 1 rings (SSSR count). The molecule has 112 valence electrons. The lowest BCUT2D eigenvalue weighted by Crippen LogP contribution is -2.32. The van der Waals surface area contributed by atoms with Crippen LogP contribution in [0.3, 0.4) is 0 Å². The molecule has 0 saturated carbocycles. The predicted molar refractivity (Wildman–Crippen MR) is 86.2 cm³/mol. The number of nitrogens with zero attached hydrogens (tertiary/aromatic N) is 1. The summed E-state index contributed by atoms with van der Waals surface area (Å²) in [7, 11) is -0.930. The Morgan fingerprint density at radius 3 is 2.55 bits per heavy atom. The summed E-state index contributed by atoms with van der Waals surface area (Å²) in [6.45, 7) is 3.62. The first-order chi connectivity index (χ1) is 9.63. The molecule has 0 saturated heterocycles. The largest absolute Gasteiger partial charge is 0.370 e. The van der Waals surface area contributed by atoms with Gasteiger partial charge in [0.05, 0.1) is 6.54 Å². The summed E-state index contributed by atoms with van der Waals surface area (Å²) in [6, 6.07) is 7.62. The summed E-state index contributed by atoms with van der Waals surface area (Å²) in [5.74, 6) is 0.490. The zero-order valence-corrected chi connectivity index (χ0v) is 13.2. The quantitative estimate of drug-likeness (QED) is 0.440. The summed E-state index contributed by atoms with van der Waals surface area (Å²) >= 11 is 0. The third-order valence-electron chi connectivity index (χ3n) is 3.02. The maximum Gasteiger partial charge on any atom is 0.188 e. The van der Waals surface area contributed by atoms with E-state index in [0.29, 0.717) is 12.5 Å². The van der Waals surface area contributed by atoms with E-state index in [1.807, 2.05) is 24.3 Å². The van der Waals surface area contributed by atoms with Crippen LogP contribution in [0.2, 0.25) is 0 Å². The van der Waals surface area contributed by atoms with Crippen LogP contribution in [0.15, 0.2) is 34.2 Å². The molecule has 0 aliphatic heterocycles. The molecule has 0 radical (unpaired) electrons. The van der Waals surface area contributed by atoms with Gasteiger partial charge in [-0.2, -0.15) is 0 Å². The second kappa shape index (κ2) is 9.53. The Morgan fingerprint density at radius 2 is 1.95 bits per heavy atom. The minimum atomic E-state index is -0.930. The smallest absolute Gasteiger partial charge is 0.188 e. The molecule has 1 aromatic rings. The molecule has 5 heteroatoms. The Labute approximate surface area is 124 Å². The number of guanidine groups is 1. The van der Waals surface area contributed by atoms with Crippen LogP contribution in [0.25, 0.3) is 0 Å². The molecule has 3 N–H and O–H groups in total. The summed E-state index contributed by atoms with van der Waals surface area (Å²) in [4.78, 5) is 5.13. The van der Waals surface area contributed by atoms with Crippen LogP contribution >= 0.6 is 0 Å². The number of rotatable bonds is 8. The van der Waals surface area contributed by atoms with Crippen molar-refractivity contribution in [2.75, 3.05) is 12.8 Å². The number of aliphatic imine (C=N–C) groups is 1. The first-order valence-corrected chi connectivity index (χ1v) is 8.65. The van der Waals surface area contributed by atoms with E-state index in [1.165, 1.54) is 19.3 Å². The molecule has 0 aliphatic carbocycles. The van der Waals surface area contributed by atoms with Crippen molar-refractivity contribution in [2.24, 2.45) is 10.7 Å². The summed E-state index contributed by atoms with van der Waals surface area (Å²) in [5, 5.41) is 3.12. The van der Waals surface area contributed by atoms with Crippen molar-refractivity contribution >= 4 is 16.8 Å². The van der Waals surface area contributed by atoms with Gasteiger partial charge in [0.2, 0.25) is 0 Å². The second-order valence-corrected chi connectivity index (χ2v) is 6.17. The van der Waals surface area contributed by atoms with Crippen LogP contribution in [-0.2, 0) is 17.3 Å². The molecule has 0 heterocycles. The first-order valence-electron chi connectivity index (χ1n) is 7.09. The molecule has 0 spiro atoms. The van der Waals surface area contributed by atoms with Crippen LogP contribution in [0.5, 0.6) is 0 Å².